The Hall–Kier alpha value is -0.370. The van der Waals surface area contributed by atoms with Gasteiger partial charge in [0.25, 0.3) is 0 Å². The van der Waals surface area contributed by atoms with Gasteiger partial charge in [0, 0.05) is 5.92 Å². The highest BCUT2D eigenvalue weighted by atomic mass is 19.1. The van der Waals surface area contributed by atoms with E-state index < -0.39 is 5.67 Å². The fraction of sp³-hybridized carbons (Fsp3) is 0.875. The fourth-order valence-electron chi connectivity index (χ4n) is 2.47. The summed E-state index contributed by atoms with van der Waals surface area (Å²) >= 11 is 0. The fourth-order valence-corrected chi connectivity index (χ4v) is 2.47. The molecule has 0 rings (SSSR count). The molecule has 0 heterocycles. The second-order valence-corrected chi connectivity index (χ2v) is 7.07. The van der Waals surface area contributed by atoms with Crippen molar-refractivity contribution in [2.75, 3.05) is 27.7 Å². The van der Waals surface area contributed by atoms with Gasteiger partial charge < -0.3 is 4.48 Å². The number of unbranched alkanes of at least 4 members (excludes halogenated alkanes) is 2. The number of quaternary nitrogens is 1. The van der Waals surface area contributed by atoms with E-state index in [2.05, 4.69) is 34.6 Å². The molecule has 0 aromatic carbocycles. The van der Waals surface area contributed by atoms with Crippen LogP contribution in [0.4, 0.5) is 4.39 Å². The Balaban J connectivity index is 4.64. The molecule has 0 radical (unpaired) electrons. The van der Waals surface area contributed by atoms with Crippen LogP contribution in [0.5, 0.6) is 0 Å². The zero-order valence-electron chi connectivity index (χ0n) is 13.4. The highest BCUT2D eigenvalue weighted by molar-refractivity contribution is 4.96. The van der Waals surface area contributed by atoms with Crippen LogP contribution in [0.2, 0.25) is 0 Å². The summed E-state index contributed by atoms with van der Waals surface area (Å²) in [6.07, 6.45) is 4.75. The molecule has 0 bridgehead atoms. The molecule has 18 heavy (non-hydrogen) atoms. The van der Waals surface area contributed by atoms with Crippen molar-refractivity contribution in [2.24, 2.45) is 5.92 Å². The summed E-state index contributed by atoms with van der Waals surface area (Å²) in [4.78, 5) is 0. The minimum Gasteiger partial charge on any atom is -0.331 e. The van der Waals surface area contributed by atoms with Gasteiger partial charge in [-0.25, -0.2) is 4.39 Å². The summed E-state index contributed by atoms with van der Waals surface area (Å²) in [7, 11) is 6.40. The number of allylic oxidation sites excluding steroid dienone is 1. The molecule has 0 aromatic rings. The zero-order chi connectivity index (χ0) is 14.4. The number of hydrogen-bond acceptors (Lipinski definition) is 0. The second-order valence-electron chi connectivity index (χ2n) is 7.07. The molecule has 0 saturated carbocycles. The molecule has 0 aromatic heterocycles. The van der Waals surface area contributed by atoms with Crippen LogP contribution in [-0.4, -0.2) is 37.8 Å². The van der Waals surface area contributed by atoms with Crippen molar-refractivity contribution in [1.29, 1.82) is 0 Å². The predicted molar refractivity (Wildman–Crippen MR) is 79.5 cm³/mol. The van der Waals surface area contributed by atoms with Crippen LogP contribution in [0.25, 0.3) is 0 Å². The van der Waals surface area contributed by atoms with E-state index in [1.165, 1.54) is 0 Å². The molecule has 0 aliphatic rings. The lowest BCUT2D eigenvalue weighted by atomic mass is 9.81. The van der Waals surface area contributed by atoms with E-state index in [4.69, 9.17) is 0 Å². The Bertz CT molecular complexity index is 250. The van der Waals surface area contributed by atoms with Crippen molar-refractivity contribution in [3.63, 3.8) is 0 Å². The van der Waals surface area contributed by atoms with Gasteiger partial charge in [0.2, 0.25) is 0 Å². The van der Waals surface area contributed by atoms with Crippen molar-refractivity contribution in [3.8, 4) is 0 Å². The highest BCUT2D eigenvalue weighted by Gasteiger charge is 2.36. The van der Waals surface area contributed by atoms with E-state index in [0.29, 0.717) is 6.42 Å². The van der Waals surface area contributed by atoms with Crippen molar-refractivity contribution < 1.29 is 8.87 Å². The number of halogens is 1. The van der Waals surface area contributed by atoms with Crippen LogP contribution >= 0.6 is 0 Å². The van der Waals surface area contributed by atoms with Gasteiger partial charge in [-0.1, -0.05) is 31.8 Å². The summed E-state index contributed by atoms with van der Waals surface area (Å²) in [5.41, 5.74) is 0.0208. The Morgan fingerprint density at radius 1 is 1.28 bits per heavy atom. The average Bonchev–Trinajstić information content (AvgIpc) is 2.14. The van der Waals surface area contributed by atoms with E-state index in [-0.39, 0.29) is 5.92 Å². The Morgan fingerprint density at radius 2 is 1.83 bits per heavy atom. The first kappa shape index (κ1) is 17.6. The van der Waals surface area contributed by atoms with Crippen LogP contribution in [0.15, 0.2) is 12.2 Å². The SMILES string of the molecule is C=C(C)CC(C[N+](C)(C)C)C(C)(F)CCCCC. The second kappa shape index (κ2) is 7.28. The maximum Gasteiger partial charge on any atom is 0.116 e. The molecular weight excluding hydrogens is 225 g/mol. The lowest BCUT2D eigenvalue weighted by Gasteiger charge is -2.36. The molecular formula is C16H33FN+. The molecule has 2 heteroatoms. The maximum atomic E-state index is 14.9. The van der Waals surface area contributed by atoms with Crippen LogP contribution in [0, 0.1) is 5.92 Å². The highest BCUT2D eigenvalue weighted by Crippen LogP contribution is 2.33. The topological polar surface area (TPSA) is 0 Å². The minimum absolute atomic E-state index is 0.0758. The van der Waals surface area contributed by atoms with E-state index in [9.17, 15) is 4.39 Å². The summed E-state index contributed by atoms with van der Waals surface area (Å²) < 4.78 is 15.7. The molecule has 2 unspecified atom stereocenters. The van der Waals surface area contributed by atoms with E-state index in [1.54, 1.807) is 6.92 Å². The molecule has 0 spiro atoms. The van der Waals surface area contributed by atoms with Crippen LogP contribution in [0.3, 0.4) is 0 Å². The summed E-state index contributed by atoms with van der Waals surface area (Å²) in [6, 6.07) is 0. The Labute approximate surface area is 114 Å². The molecule has 0 amide bonds. The molecule has 108 valence electrons. The third kappa shape index (κ3) is 7.86. The normalized spacial score (nSPS) is 17.3. The third-order valence-electron chi connectivity index (χ3n) is 3.48. The van der Waals surface area contributed by atoms with Crippen molar-refractivity contribution in [1.82, 2.24) is 0 Å². The van der Waals surface area contributed by atoms with E-state index in [0.717, 1.165) is 42.3 Å². The Kier molecular flexibility index (Phi) is 7.13. The summed E-state index contributed by atoms with van der Waals surface area (Å²) in [5, 5.41) is 0. The van der Waals surface area contributed by atoms with Crippen molar-refractivity contribution in [3.05, 3.63) is 12.2 Å². The lowest BCUT2D eigenvalue weighted by molar-refractivity contribution is -0.874. The maximum absolute atomic E-state index is 14.9. The van der Waals surface area contributed by atoms with Crippen molar-refractivity contribution in [2.45, 2.75) is 58.5 Å². The zero-order valence-corrected chi connectivity index (χ0v) is 13.4. The first-order valence-electron chi connectivity index (χ1n) is 7.22. The third-order valence-corrected chi connectivity index (χ3v) is 3.48. The van der Waals surface area contributed by atoms with E-state index in [1.807, 2.05) is 6.92 Å². The Morgan fingerprint density at radius 3 is 2.22 bits per heavy atom. The van der Waals surface area contributed by atoms with Gasteiger partial charge in [-0.15, -0.1) is 6.58 Å². The molecule has 0 N–H and O–H groups in total. The molecule has 0 saturated heterocycles. The summed E-state index contributed by atoms with van der Waals surface area (Å²) in [6.45, 7) is 10.8. The first-order valence-corrected chi connectivity index (χ1v) is 7.22. The van der Waals surface area contributed by atoms with Gasteiger partial charge in [0.05, 0.1) is 27.7 Å². The number of nitrogens with zero attached hydrogens (tertiary/aromatic N) is 1. The van der Waals surface area contributed by atoms with Gasteiger partial charge in [-0.3, -0.25) is 0 Å². The van der Waals surface area contributed by atoms with Gasteiger partial charge >= 0.3 is 0 Å². The summed E-state index contributed by atoms with van der Waals surface area (Å²) in [5.74, 6) is 0.0758. The largest absolute Gasteiger partial charge is 0.331 e. The number of hydrogen-bond donors (Lipinski definition) is 0. The van der Waals surface area contributed by atoms with Gasteiger partial charge in [-0.2, -0.15) is 0 Å². The molecule has 2 atom stereocenters. The van der Waals surface area contributed by atoms with Gasteiger partial charge in [-0.05, 0) is 26.7 Å². The first-order chi connectivity index (χ1) is 8.08. The molecule has 1 nitrogen and oxygen atoms in total. The predicted octanol–water partition coefficient (Wildman–Crippen LogP) is 4.58. The van der Waals surface area contributed by atoms with E-state index >= 15 is 0 Å². The standard InChI is InChI=1S/C16H33FN/c1-8-9-10-11-16(4,17)15(12-14(2)3)13-18(5,6)7/h15H,2,8-13H2,1,3-7H3/q+1. The van der Waals surface area contributed by atoms with Crippen LogP contribution in [-0.2, 0) is 0 Å². The molecule has 0 fully saturated rings. The number of rotatable bonds is 9. The van der Waals surface area contributed by atoms with Crippen LogP contribution in [0.1, 0.15) is 52.9 Å². The number of alkyl halides is 1. The van der Waals surface area contributed by atoms with Crippen molar-refractivity contribution >= 4 is 0 Å². The minimum atomic E-state index is -1.07. The average molecular weight is 258 g/mol. The smallest absolute Gasteiger partial charge is 0.116 e. The monoisotopic (exact) mass is 258 g/mol. The van der Waals surface area contributed by atoms with Gasteiger partial charge in [0.1, 0.15) is 5.67 Å². The quantitative estimate of drug-likeness (QED) is 0.322. The lowest BCUT2D eigenvalue weighted by Crippen LogP contribution is -2.45. The molecule has 0 aliphatic heterocycles. The van der Waals surface area contributed by atoms with Crippen LogP contribution < -0.4 is 0 Å². The van der Waals surface area contributed by atoms with Gasteiger partial charge in [0.15, 0.2) is 0 Å². The molecule has 0 aliphatic carbocycles.